The predicted molar refractivity (Wildman–Crippen MR) is 83.9 cm³/mol. The number of fused-ring (bicyclic) bond motifs is 1. The number of hydrogen-bond acceptors (Lipinski definition) is 3. The molecule has 1 N–H and O–H groups in total. The van der Waals surface area contributed by atoms with Crippen LogP contribution in [-0.4, -0.2) is 34.5 Å². The smallest absolute Gasteiger partial charge is 0.305 e. The van der Waals surface area contributed by atoms with Crippen molar-refractivity contribution in [2.75, 3.05) is 6.54 Å². The number of carbonyl (C=O) groups excluding carboxylic acids is 1. The highest BCUT2D eigenvalue weighted by Gasteiger charge is 2.27. The minimum Gasteiger partial charge on any atom is -0.481 e. The van der Waals surface area contributed by atoms with E-state index in [2.05, 4.69) is 6.92 Å². The van der Waals surface area contributed by atoms with Crippen molar-refractivity contribution >= 4 is 23.2 Å². The van der Waals surface area contributed by atoms with Gasteiger partial charge >= 0.3 is 5.97 Å². The Morgan fingerprint density at radius 1 is 1.48 bits per heavy atom. The van der Waals surface area contributed by atoms with Gasteiger partial charge in [-0.25, -0.2) is 0 Å². The van der Waals surface area contributed by atoms with Crippen molar-refractivity contribution in [3.8, 4) is 0 Å². The lowest BCUT2D eigenvalue weighted by Crippen LogP contribution is -2.38. The Balaban J connectivity index is 2.19. The zero-order valence-corrected chi connectivity index (χ0v) is 13.7. The molecule has 1 atom stereocenters. The molecular formula is C16H23NO3S. The molecule has 1 aromatic heterocycles. The van der Waals surface area contributed by atoms with E-state index in [1.54, 1.807) is 16.2 Å². The fourth-order valence-electron chi connectivity index (χ4n) is 2.82. The molecule has 1 amide bonds. The minimum atomic E-state index is -0.866. The fraction of sp³-hybridized carbons (Fsp3) is 0.625. The van der Waals surface area contributed by atoms with Crippen LogP contribution >= 0.6 is 11.3 Å². The Kier molecular flexibility index (Phi) is 5.04. The van der Waals surface area contributed by atoms with E-state index in [4.69, 9.17) is 5.11 Å². The molecule has 0 fully saturated rings. The SMILES string of the molecule is CC1CCc2c(C(=O)N(CCC(=O)O)C(C)C)csc2C1. The maximum atomic E-state index is 12.8. The number of thiophene rings is 1. The van der Waals surface area contributed by atoms with Crippen molar-refractivity contribution in [2.24, 2.45) is 5.92 Å². The number of carboxylic acids is 1. The maximum absolute atomic E-state index is 12.8. The number of hydrogen-bond donors (Lipinski definition) is 1. The molecule has 1 unspecified atom stereocenters. The van der Waals surface area contributed by atoms with Crippen LogP contribution in [0.2, 0.25) is 0 Å². The van der Waals surface area contributed by atoms with Crippen molar-refractivity contribution in [3.63, 3.8) is 0 Å². The molecule has 1 heterocycles. The van der Waals surface area contributed by atoms with E-state index in [1.807, 2.05) is 19.2 Å². The molecule has 0 radical (unpaired) electrons. The average Bonchev–Trinajstić information content (AvgIpc) is 2.80. The van der Waals surface area contributed by atoms with Crippen LogP contribution in [0.1, 0.15) is 54.4 Å². The van der Waals surface area contributed by atoms with Gasteiger partial charge in [-0.2, -0.15) is 0 Å². The largest absolute Gasteiger partial charge is 0.481 e. The van der Waals surface area contributed by atoms with E-state index in [-0.39, 0.29) is 24.9 Å². The standard InChI is InChI=1S/C16H23NO3S/c1-10(2)17(7-6-15(18)19)16(20)13-9-21-14-8-11(3)4-5-12(13)14/h9-11H,4-8H2,1-3H3,(H,18,19). The molecular weight excluding hydrogens is 286 g/mol. The van der Waals surface area contributed by atoms with Gasteiger partial charge in [0.25, 0.3) is 5.91 Å². The first-order chi connectivity index (χ1) is 9.90. The molecule has 4 nitrogen and oxygen atoms in total. The summed E-state index contributed by atoms with van der Waals surface area (Å²) in [6.45, 7) is 6.38. The highest BCUT2D eigenvalue weighted by Crippen LogP contribution is 2.33. The maximum Gasteiger partial charge on any atom is 0.305 e. The van der Waals surface area contributed by atoms with Crippen molar-refractivity contribution in [2.45, 2.75) is 52.5 Å². The molecule has 5 heteroatoms. The second kappa shape index (κ2) is 6.60. The first kappa shape index (κ1) is 16.0. The summed E-state index contributed by atoms with van der Waals surface area (Å²) in [7, 11) is 0. The van der Waals surface area contributed by atoms with Gasteiger partial charge in [-0.15, -0.1) is 11.3 Å². The minimum absolute atomic E-state index is 0.00666. The normalized spacial score (nSPS) is 17.6. The topological polar surface area (TPSA) is 57.6 Å². The van der Waals surface area contributed by atoms with E-state index >= 15 is 0 Å². The van der Waals surface area contributed by atoms with Crippen LogP contribution in [0.4, 0.5) is 0 Å². The van der Waals surface area contributed by atoms with Crippen LogP contribution in [0.25, 0.3) is 0 Å². The number of carboxylic acid groups (broad SMARTS) is 1. The number of carbonyl (C=O) groups is 2. The predicted octanol–water partition coefficient (Wildman–Crippen LogP) is 3.20. The van der Waals surface area contributed by atoms with Crippen LogP contribution in [0.5, 0.6) is 0 Å². The molecule has 0 saturated carbocycles. The molecule has 116 valence electrons. The molecule has 0 bridgehead atoms. The lowest BCUT2D eigenvalue weighted by atomic mass is 9.88. The van der Waals surface area contributed by atoms with Gasteiger partial charge in [0, 0.05) is 22.8 Å². The van der Waals surface area contributed by atoms with Crippen LogP contribution < -0.4 is 0 Å². The highest BCUT2D eigenvalue weighted by atomic mass is 32.1. The summed E-state index contributed by atoms with van der Waals surface area (Å²) in [4.78, 5) is 26.5. The quantitative estimate of drug-likeness (QED) is 0.908. The monoisotopic (exact) mass is 309 g/mol. The van der Waals surface area contributed by atoms with Crippen molar-refractivity contribution in [3.05, 3.63) is 21.4 Å². The van der Waals surface area contributed by atoms with Crippen molar-refractivity contribution < 1.29 is 14.7 Å². The van der Waals surface area contributed by atoms with Gasteiger partial charge in [-0.05, 0) is 44.6 Å². The average molecular weight is 309 g/mol. The van der Waals surface area contributed by atoms with E-state index < -0.39 is 5.97 Å². The number of nitrogens with zero attached hydrogens (tertiary/aromatic N) is 1. The van der Waals surface area contributed by atoms with Crippen LogP contribution in [-0.2, 0) is 17.6 Å². The summed E-state index contributed by atoms with van der Waals surface area (Å²) in [5.74, 6) is -0.194. The van der Waals surface area contributed by atoms with Crippen molar-refractivity contribution in [1.29, 1.82) is 0 Å². The van der Waals surface area contributed by atoms with Gasteiger partial charge in [0.1, 0.15) is 0 Å². The third-order valence-electron chi connectivity index (χ3n) is 4.08. The molecule has 0 saturated heterocycles. The first-order valence-electron chi connectivity index (χ1n) is 7.52. The van der Waals surface area contributed by atoms with Crippen LogP contribution in [0.3, 0.4) is 0 Å². The summed E-state index contributed by atoms with van der Waals surface area (Å²) in [6.07, 6.45) is 3.14. The van der Waals surface area contributed by atoms with Gasteiger partial charge in [0.2, 0.25) is 0 Å². The van der Waals surface area contributed by atoms with E-state index in [0.717, 1.165) is 24.8 Å². The molecule has 1 aliphatic rings. The number of amides is 1. The Hall–Kier alpha value is -1.36. The molecule has 0 spiro atoms. The van der Waals surface area contributed by atoms with E-state index in [1.165, 1.54) is 10.4 Å². The highest BCUT2D eigenvalue weighted by molar-refractivity contribution is 7.10. The van der Waals surface area contributed by atoms with E-state index in [0.29, 0.717) is 5.92 Å². The molecule has 0 aliphatic heterocycles. The number of aliphatic carboxylic acids is 1. The van der Waals surface area contributed by atoms with Gasteiger partial charge in [0.05, 0.1) is 12.0 Å². The van der Waals surface area contributed by atoms with Crippen LogP contribution in [0, 0.1) is 5.92 Å². The molecule has 2 rings (SSSR count). The summed E-state index contributed by atoms with van der Waals surface area (Å²) >= 11 is 1.67. The lowest BCUT2D eigenvalue weighted by Gasteiger charge is -2.27. The van der Waals surface area contributed by atoms with Gasteiger partial charge < -0.3 is 10.0 Å². The van der Waals surface area contributed by atoms with Gasteiger partial charge in [0.15, 0.2) is 0 Å². The number of rotatable bonds is 5. The molecule has 21 heavy (non-hydrogen) atoms. The summed E-state index contributed by atoms with van der Waals surface area (Å²) < 4.78 is 0. The Morgan fingerprint density at radius 2 is 2.19 bits per heavy atom. The second-order valence-electron chi connectivity index (χ2n) is 6.14. The summed E-state index contributed by atoms with van der Waals surface area (Å²) in [5.41, 5.74) is 1.99. The summed E-state index contributed by atoms with van der Waals surface area (Å²) in [6, 6.07) is 0.00918. The van der Waals surface area contributed by atoms with Crippen LogP contribution in [0.15, 0.2) is 5.38 Å². The molecule has 1 aromatic rings. The zero-order chi connectivity index (χ0) is 15.6. The Morgan fingerprint density at radius 3 is 2.81 bits per heavy atom. The third kappa shape index (κ3) is 3.64. The summed E-state index contributed by atoms with van der Waals surface area (Å²) in [5, 5.41) is 10.8. The fourth-order valence-corrected chi connectivity index (χ4v) is 4.06. The van der Waals surface area contributed by atoms with Gasteiger partial charge in [-0.1, -0.05) is 6.92 Å². The molecule has 1 aliphatic carbocycles. The lowest BCUT2D eigenvalue weighted by molar-refractivity contribution is -0.137. The first-order valence-corrected chi connectivity index (χ1v) is 8.40. The second-order valence-corrected chi connectivity index (χ2v) is 7.10. The third-order valence-corrected chi connectivity index (χ3v) is 5.13. The van der Waals surface area contributed by atoms with Gasteiger partial charge in [-0.3, -0.25) is 9.59 Å². The zero-order valence-electron chi connectivity index (χ0n) is 12.9. The Labute approximate surface area is 129 Å². The van der Waals surface area contributed by atoms with E-state index in [9.17, 15) is 9.59 Å². The molecule has 0 aromatic carbocycles. The van der Waals surface area contributed by atoms with Crippen molar-refractivity contribution in [1.82, 2.24) is 4.90 Å². The Bertz CT molecular complexity index is 536.